The molecule has 0 aliphatic carbocycles. The van der Waals surface area contributed by atoms with Crippen molar-refractivity contribution in [1.29, 1.82) is 0 Å². The largest absolute Gasteiger partial charge is 0.508 e. The van der Waals surface area contributed by atoms with Crippen molar-refractivity contribution in [1.82, 2.24) is 0 Å². The van der Waals surface area contributed by atoms with Crippen LogP contribution < -0.4 is 0 Å². The van der Waals surface area contributed by atoms with E-state index in [2.05, 4.69) is 8.37 Å². The van der Waals surface area contributed by atoms with E-state index in [1.807, 2.05) is 0 Å². The van der Waals surface area contributed by atoms with Crippen LogP contribution in [-0.2, 0) is 18.0 Å². The van der Waals surface area contributed by atoms with E-state index in [-0.39, 0.29) is 36.7 Å². The third-order valence-electron chi connectivity index (χ3n) is 2.28. The third-order valence-corrected chi connectivity index (χ3v) is 3.85. The first kappa shape index (κ1) is 25.6. The molecule has 0 fully saturated rings. The predicted octanol–water partition coefficient (Wildman–Crippen LogP) is 2.90. The molecule has 0 bridgehead atoms. The number of aliphatic hydroxyl groups excluding tert-OH is 2. The number of aliphatic hydroxyl groups is 2. The Balaban J connectivity index is 0.000000439. The molecular formula is C18H22O8S2. The molecule has 0 aromatic heterocycles. The number of benzene rings is 2. The monoisotopic (exact) mass is 430 g/mol. The van der Waals surface area contributed by atoms with E-state index < -0.39 is 0 Å². The normalized spacial score (nSPS) is 9.14. The maximum absolute atomic E-state index is 10.4. The van der Waals surface area contributed by atoms with E-state index in [4.69, 9.17) is 20.4 Å². The minimum Gasteiger partial charge on any atom is -0.508 e. The number of carbonyl (C=O) groups excluding carboxylic acids is 2. The number of phenolic OH excluding ortho intramolecular Hbond substituents is 2. The quantitative estimate of drug-likeness (QED) is 0.525. The van der Waals surface area contributed by atoms with E-state index in [1.165, 1.54) is 38.1 Å². The minimum absolute atomic E-state index is 0.125. The molecule has 4 N–H and O–H groups in total. The number of carbonyl (C=O) groups is 2. The number of rotatable bonds is 5. The van der Waals surface area contributed by atoms with E-state index >= 15 is 0 Å². The van der Waals surface area contributed by atoms with Crippen molar-refractivity contribution in [3.63, 3.8) is 0 Å². The van der Waals surface area contributed by atoms with Gasteiger partial charge in [0, 0.05) is 23.6 Å². The van der Waals surface area contributed by atoms with Gasteiger partial charge in [-0.1, -0.05) is 0 Å². The summed E-state index contributed by atoms with van der Waals surface area (Å²) in [5.41, 5.74) is 0. The molecule has 0 heterocycles. The van der Waals surface area contributed by atoms with Gasteiger partial charge >= 0.3 is 11.9 Å². The lowest BCUT2D eigenvalue weighted by atomic mass is 10.3. The van der Waals surface area contributed by atoms with Crippen LogP contribution in [0.2, 0.25) is 0 Å². The van der Waals surface area contributed by atoms with Gasteiger partial charge in [-0.25, -0.2) is 0 Å². The molecule has 0 saturated heterocycles. The summed E-state index contributed by atoms with van der Waals surface area (Å²) in [5, 5.41) is 33.1. The van der Waals surface area contributed by atoms with E-state index in [0.29, 0.717) is 0 Å². The number of hydrogen-bond acceptors (Lipinski definition) is 10. The van der Waals surface area contributed by atoms with Crippen molar-refractivity contribution in [3.05, 3.63) is 48.5 Å². The van der Waals surface area contributed by atoms with Gasteiger partial charge in [0.05, 0.1) is 37.3 Å². The molecule has 2 aromatic rings. The van der Waals surface area contributed by atoms with E-state index in [0.717, 1.165) is 33.9 Å². The molecule has 154 valence electrons. The highest BCUT2D eigenvalue weighted by atomic mass is 32.2. The summed E-state index contributed by atoms with van der Waals surface area (Å²) in [6.07, 6.45) is 0. The molecular weight excluding hydrogens is 408 g/mol. The molecule has 0 amide bonds. The highest BCUT2D eigenvalue weighted by molar-refractivity contribution is 7.95. The highest BCUT2D eigenvalue weighted by Crippen LogP contribution is 2.22. The SMILES string of the molecule is CC(=O)OSc1ccc(O)cc1.CC(=O)OSc1ccc(O)cc1.OCCO. The molecule has 10 heteroatoms. The Morgan fingerprint density at radius 1 is 0.714 bits per heavy atom. The molecule has 0 radical (unpaired) electrons. The zero-order valence-electron chi connectivity index (χ0n) is 15.3. The Labute approximate surface area is 171 Å². The van der Waals surface area contributed by atoms with Gasteiger partial charge in [-0.15, -0.1) is 0 Å². The summed E-state index contributed by atoms with van der Waals surface area (Å²) in [7, 11) is 0. The summed E-state index contributed by atoms with van der Waals surface area (Å²) in [5.74, 6) is -0.287. The Hall–Kier alpha value is -2.40. The van der Waals surface area contributed by atoms with Gasteiger partial charge in [-0.05, 0) is 48.5 Å². The molecule has 0 spiro atoms. The van der Waals surface area contributed by atoms with Crippen molar-refractivity contribution >= 4 is 36.0 Å². The van der Waals surface area contributed by atoms with Crippen LogP contribution in [0.4, 0.5) is 0 Å². The highest BCUT2D eigenvalue weighted by Gasteiger charge is 1.98. The Morgan fingerprint density at radius 2 is 1.00 bits per heavy atom. The van der Waals surface area contributed by atoms with Crippen LogP contribution in [0.25, 0.3) is 0 Å². The van der Waals surface area contributed by atoms with E-state index in [1.54, 1.807) is 24.3 Å². The van der Waals surface area contributed by atoms with Gasteiger partial charge in [0.2, 0.25) is 0 Å². The molecule has 8 nitrogen and oxygen atoms in total. The van der Waals surface area contributed by atoms with Crippen molar-refractivity contribution in [3.8, 4) is 11.5 Å². The summed E-state index contributed by atoms with van der Waals surface area (Å²) in [6.45, 7) is 2.43. The van der Waals surface area contributed by atoms with Crippen molar-refractivity contribution < 1.29 is 38.4 Å². The van der Waals surface area contributed by atoms with Gasteiger partial charge in [0.1, 0.15) is 11.5 Å². The second kappa shape index (κ2) is 15.6. The molecule has 0 atom stereocenters. The van der Waals surface area contributed by atoms with Gasteiger partial charge < -0.3 is 28.8 Å². The van der Waals surface area contributed by atoms with Crippen LogP contribution in [0.3, 0.4) is 0 Å². The van der Waals surface area contributed by atoms with Crippen LogP contribution in [0.1, 0.15) is 13.8 Å². The fourth-order valence-corrected chi connectivity index (χ4v) is 2.14. The zero-order valence-corrected chi connectivity index (χ0v) is 16.9. The third kappa shape index (κ3) is 14.7. The maximum Gasteiger partial charge on any atom is 0.315 e. The van der Waals surface area contributed by atoms with Gasteiger partial charge in [0.15, 0.2) is 0 Å². The van der Waals surface area contributed by atoms with Crippen LogP contribution in [-0.4, -0.2) is 45.6 Å². The summed E-state index contributed by atoms with van der Waals surface area (Å²) < 4.78 is 9.33. The molecule has 0 unspecified atom stereocenters. The topological polar surface area (TPSA) is 134 Å². The van der Waals surface area contributed by atoms with Crippen molar-refractivity contribution in [2.45, 2.75) is 23.6 Å². The lowest BCUT2D eigenvalue weighted by Crippen LogP contribution is -1.88. The van der Waals surface area contributed by atoms with Crippen molar-refractivity contribution in [2.75, 3.05) is 13.2 Å². The second-order valence-corrected chi connectivity index (χ2v) is 6.36. The summed E-state index contributed by atoms with van der Waals surface area (Å²) in [4.78, 5) is 22.3. The van der Waals surface area contributed by atoms with Crippen LogP contribution in [0, 0.1) is 0 Å². The molecule has 0 aliphatic heterocycles. The molecule has 2 aromatic carbocycles. The van der Waals surface area contributed by atoms with E-state index in [9.17, 15) is 9.59 Å². The van der Waals surface area contributed by atoms with Gasteiger partial charge in [0.25, 0.3) is 0 Å². The van der Waals surface area contributed by atoms with Crippen LogP contribution in [0.15, 0.2) is 58.3 Å². The van der Waals surface area contributed by atoms with Crippen molar-refractivity contribution in [2.24, 2.45) is 0 Å². The zero-order chi connectivity index (χ0) is 21.4. The Morgan fingerprint density at radius 3 is 1.21 bits per heavy atom. The molecule has 0 saturated carbocycles. The fraction of sp³-hybridized carbons (Fsp3) is 0.222. The van der Waals surface area contributed by atoms with Gasteiger partial charge in [-0.2, -0.15) is 0 Å². The summed E-state index contributed by atoms with van der Waals surface area (Å²) in [6, 6.07) is 12.8. The number of phenols is 2. The first-order chi connectivity index (χ1) is 13.3. The fourth-order valence-electron chi connectivity index (χ4n) is 1.22. The molecule has 28 heavy (non-hydrogen) atoms. The lowest BCUT2D eigenvalue weighted by molar-refractivity contribution is -0.131. The summed E-state index contributed by atoms with van der Waals surface area (Å²) >= 11 is 1.95. The minimum atomic E-state index is -0.340. The average Bonchev–Trinajstić information content (AvgIpc) is 2.67. The number of hydrogen-bond donors (Lipinski definition) is 4. The molecule has 0 aliphatic rings. The Bertz CT molecular complexity index is 628. The maximum atomic E-state index is 10.4. The average molecular weight is 431 g/mol. The number of aromatic hydroxyl groups is 2. The van der Waals surface area contributed by atoms with Crippen LogP contribution >= 0.6 is 24.1 Å². The lowest BCUT2D eigenvalue weighted by Gasteiger charge is -1.98. The van der Waals surface area contributed by atoms with Gasteiger partial charge in [-0.3, -0.25) is 9.59 Å². The first-order valence-electron chi connectivity index (χ1n) is 7.78. The Kier molecular flexibility index (Phi) is 14.3. The second-order valence-electron chi connectivity index (χ2n) is 4.75. The van der Waals surface area contributed by atoms with Crippen LogP contribution in [0.5, 0.6) is 11.5 Å². The molecule has 2 rings (SSSR count). The smallest absolute Gasteiger partial charge is 0.315 e. The predicted molar refractivity (Wildman–Crippen MR) is 106 cm³/mol. The first-order valence-corrected chi connectivity index (χ1v) is 9.26. The standard InChI is InChI=1S/2C8H8O3S.C2H6O2/c2*1-6(9)11-12-8-4-2-7(10)3-5-8;3-1-2-4/h2*2-5,10H,1H3;3-4H,1-2H2.